The Bertz CT molecular complexity index is 1420. The van der Waals surface area contributed by atoms with Gasteiger partial charge < -0.3 is 9.32 Å². The zero-order valence-corrected chi connectivity index (χ0v) is 17.4. The van der Waals surface area contributed by atoms with Gasteiger partial charge in [0.25, 0.3) is 5.91 Å². The Morgan fingerprint density at radius 2 is 1.81 bits per heavy atom. The molecule has 1 saturated heterocycles. The summed E-state index contributed by atoms with van der Waals surface area (Å²) in [5, 5.41) is 9.56. The van der Waals surface area contributed by atoms with E-state index in [9.17, 15) is 4.79 Å². The molecule has 0 aliphatic carbocycles. The summed E-state index contributed by atoms with van der Waals surface area (Å²) < 4.78 is 7.59. The minimum atomic E-state index is 0.0287. The lowest BCUT2D eigenvalue weighted by Crippen LogP contribution is -2.38. The number of para-hydroxylation sites is 1. The van der Waals surface area contributed by atoms with E-state index in [4.69, 9.17) is 9.40 Å². The highest BCUT2D eigenvalue weighted by Gasteiger charge is 2.28. The number of hydrogen-bond acceptors (Lipinski definition) is 5. The SMILES string of the molecule is O=C(c1cc(-c2ccco2)nc2ccccc12)N1CCC(c2nnc3ccccn23)CC1. The highest BCUT2D eigenvalue weighted by molar-refractivity contribution is 6.07. The largest absolute Gasteiger partial charge is 0.463 e. The highest BCUT2D eigenvalue weighted by Crippen LogP contribution is 2.30. The van der Waals surface area contributed by atoms with Gasteiger partial charge in [0.2, 0.25) is 0 Å². The van der Waals surface area contributed by atoms with Crippen LogP contribution in [0.15, 0.2) is 77.5 Å². The Hall–Kier alpha value is -4.00. The molecule has 1 aliphatic rings. The molecule has 0 saturated carbocycles. The second-order valence-corrected chi connectivity index (χ2v) is 8.10. The lowest BCUT2D eigenvalue weighted by atomic mass is 9.95. The molecule has 6 rings (SSSR count). The number of benzene rings is 1. The summed E-state index contributed by atoms with van der Waals surface area (Å²) in [5.41, 5.74) is 2.97. The van der Waals surface area contributed by atoms with Crippen LogP contribution in [0.2, 0.25) is 0 Å². The molecule has 32 heavy (non-hydrogen) atoms. The Balaban J connectivity index is 1.28. The molecule has 0 N–H and O–H groups in total. The first-order valence-electron chi connectivity index (χ1n) is 10.8. The second kappa shape index (κ2) is 7.60. The zero-order valence-electron chi connectivity index (χ0n) is 17.4. The molecule has 4 aromatic heterocycles. The van der Waals surface area contributed by atoms with Crippen LogP contribution in [-0.2, 0) is 0 Å². The van der Waals surface area contributed by atoms with Crippen molar-refractivity contribution in [2.75, 3.05) is 13.1 Å². The third kappa shape index (κ3) is 3.13. The molecule has 1 aliphatic heterocycles. The van der Waals surface area contributed by atoms with Gasteiger partial charge >= 0.3 is 0 Å². The van der Waals surface area contributed by atoms with E-state index < -0.39 is 0 Å². The van der Waals surface area contributed by atoms with Gasteiger partial charge in [0.15, 0.2) is 11.4 Å². The summed E-state index contributed by atoms with van der Waals surface area (Å²) >= 11 is 0. The third-order valence-corrected chi connectivity index (χ3v) is 6.21. The van der Waals surface area contributed by atoms with Gasteiger partial charge in [0.05, 0.1) is 17.3 Å². The predicted molar refractivity (Wildman–Crippen MR) is 120 cm³/mol. The number of fused-ring (bicyclic) bond motifs is 2. The number of aromatic nitrogens is 4. The van der Waals surface area contributed by atoms with Crippen LogP contribution in [0.25, 0.3) is 28.0 Å². The minimum Gasteiger partial charge on any atom is -0.463 e. The average molecular weight is 423 g/mol. The Kier molecular flexibility index (Phi) is 4.45. The van der Waals surface area contributed by atoms with E-state index in [0.717, 1.165) is 35.2 Å². The van der Waals surface area contributed by atoms with Crippen molar-refractivity contribution in [2.45, 2.75) is 18.8 Å². The Morgan fingerprint density at radius 3 is 2.66 bits per heavy atom. The van der Waals surface area contributed by atoms with Crippen LogP contribution in [0.5, 0.6) is 0 Å². The number of amides is 1. The van der Waals surface area contributed by atoms with Gasteiger partial charge in [0, 0.05) is 30.6 Å². The number of carbonyl (C=O) groups is 1. The van der Waals surface area contributed by atoms with Gasteiger partial charge in [-0.15, -0.1) is 10.2 Å². The van der Waals surface area contributed by atoms with Gasteiger partial charge in [-0.2, -0.15) is 0 Å². The fourth-order valence-electron chi connectivity index (χ4n) is 4.55. The van der Waals surface area contributed by atoms with Crippen molar-refractivity contribution in [3.05, 3.63) is 84.5 Å². The van der Waals surface area contributed by atoms with E-state index in [0.29, 0.717) is 30.1 Å². The second-order valence-electron chi connectivity index (χ2n) is 8.10. The number of pyridine rings is 2. The van der Waals surface area contributed by atoms with Crippen LogP contribution in [0.4, 0.5) is 0 Å². The van der Waals surface area contributed by atoms with Crippen molar-refractivity contribution in [2.24, 2.45) is 0 Å². The van der Waals surface area contributed by atoms with Crippen LogP contribution in [0.1, 0.15) is 34.9 Å². The summed E-state index contributed by atoms with van der Waals surface area (Å²) in [6, 6.07) is 19.2. The molecule has 7 heteroatoms. The molecule has 0 atom stereocenters. The van der Waals surface area contributed by atoms with Crippen LogP contribution < -0.4 is 0 Å². The van der Waals surface area contributed by atoms with Crippen molar-refractivity contribution >= 4 is 22.5 Å². The van der Waals surface area contributed by atoms with Crippen LogP contribution >= 0.6 is 0 Å². The van der Waals surface area contributed by atoms with E-state index in [1.54, 1.807) is 6.26 Å². The maximum Gasteiger partial charge on any atom is 0.254 e. The number of likely N-dealkylation sites (tertiary alicyclic amines) is 1. The first-order valence-corrected chi connectivity index (χ1v) is 10.8. The molecular formula is C25H21N5O2. The van der Waals surface area contributed by atoms with Gasteiger partial charge in [-0.25, -0.2) is 4.98 Å². The quantitative estimate of drug-likeness (QED) is 0.425. The lowest BCUT2D eigenvalue weighted by Gasteiger charge is -2.31. The molecule has 7 nitrogen and oxygen atoms in total. The summed E-state index contributed by atoms with van der Waals surface area (Å²) in [5.74, 6) is 1.94. The van der Waals surface area contributed by atoms with Crippen molar-refractivity contribution in [1.29, 1.82) is 0 Å². The molecular weight excluding hydrogens is 402 g/mol. The number of rotatable bonds is 3. The van der Waals surface area contributed by atoms with E-state index in [1.807, 2.05) is 76.2 Å². The van der Waals surface area contributed by atoms with Crippen molar-refractivity contribution in [1.82, 2.24) is 24.5 Å². The van der Waals surface area contributed by atoms with Gasteiger partial charge in [0.1, 0.15) is 11.5 Å². The molecule has 5 heterocycles. The molecule has 158 valence electrons. The maximum atomic E-state index is 13.6. The first kappa shape index (κ1) is 18.7. The molecule has 5 aromatic rings. The van der Waals surface area contributed by atoms with Crippen LogP contribution in [0.3, 0.4) is 0 Å². The molecule has 1 fully saturated rings. The fourth-order valence-corrected chi connectivity index (χ4v) is 4.55. The standard InChI is InChI=1S/C25H21N5O2/c31-25(19-16-21(22-8-5-15-32-22)26-20-7-2-1-6-18(19)20)29-13-10-17(11-14-29)24-28-27-23-9-3-4-12-30(23)24/h1-9,12,15-17H,10-11,13-14H2. The fraction of sp³-hybridized carbons (Fsp3) is 0.200. The molecule has 0 radical (unpaired) electrons. The molecule has 0 spiro atoms. The first-order chi connectivity index (χ1) is 15.8. The normalized spacial score (nSPS) is 14.9. The van der Waals surface area contributed by atoms with E-state index >= 15 is 0 Å². The summed E-state index contributed by atoms with van der Waals surface area (Å²) in [4.78, 5) is 20.2. The summed E-state index contributed by atoms with van der Waals surface area (Å²) in [6.45, 7) is 1.36. The number of hydrogen-bond donors (Lipinski definition) is 0. The van der Waals surface area contributed by atoms with Gasteiger partial charge in [-0.3, -0.25) is 9.20 Å². The summed E-state index contributed by atoms with van der Waals surface area (Å²) in [6.07, 6.45) is 5.33. The highest BCUT2D eigenvalue weighted by atomic mass is 16.3. The number of piperidine rings is 1. The number of furan rings is 1. The van der Waals surface area contributed by atoms with Crippen molar-refractivity contribution < 1.29 is 9.21 Å². The number of carbonyl (C=O) groups excluding carboxylic acids is 1. The van der Waals surface area contributed by atoms with E-state index in [2.05, 4.69) is 10.2 Å². The molecule has 0 unspecified atom stereocenters. The smallest absolute Gasteiger partial charge is 0.254 e. The molecule has 0 bridgehead atoms. The Morgan fingerprint density at radius 1 is 0.969 bits per heavy atom. The van der Waals surface area contributed by atoms with Crippen molar-refractivity contribution in [3.8, 4) is 11.5 Å². The number of nitrogens with zero attached hydrogens (tertiary/aromatic N) is 5. The average Bonchev–Trinajstić information content (AvgIpc) is 3.54. The van der Waals surface area contributed by atoms with Crippen molar-refractivity contribution in [3.63, 3.8) is 0 Å². The molecule has 1 aromatic carbocycles. The van der Waals surface area contributed by atoms with Crippen LogP contribution in [-0.4, -0.2) is 43.5 Å². The van der Waals surface area contributed by atoms with Gasteiger partial charge in [-0.05, 0) is 49.2 Å². The zero-order chi connectivity index (χ0) is 21.5. The van der Waals surface area contributed by atoms with E-state index in [-0.39, 0.29) is 11.8 Å². The van der Waals surface area contributed by atoms with Crippen LogP contribution in [0, 0.1) is 0 Å². The van der Waals surface area contributed by atoms with E-state index in [1.165, 1.54) is 0 Å². The monoisotopic (exact) mass is 423 g/mol. The van der Waals surface area contributed by atoms with Gasteiger partial charge in [-0.1, -0.05) is 24.3 Å². The minimum absolute atomic E-state index is 0.0287. The third-order valence-electron chi connectivity index (χ3n) is 6.21. The topological polar surface area (TPSA) is 76.5 Å². The predicted octanol–water partition coefficient (Wildman–Crippen LogP) is 4.56. The lowest BCUT2D eigenvalue weighted by molar-refractivity contribution is 0.0713. The summed E-state index contributed by atoms with van der Waals surface area (Å²) in [7, 11) is 0. The Labute approximate surface area is 184 Å². The molecule has 1 amide bonds. The maximum absolute atomic E-state index is 13.6.